The van der Waals surface area contributed by atoms with Gasteiger partial charge in [-0.25, -0.2) is 4.39 Å². The van der Waals surface area contributed by atoms with E-state index in [1.807, 2.05) is 0 Å². The molecule has 0 aliphatic carbocycles. The smallest absolute Gasteiger partial charge is 0.130 e. The Labute approximate surface area is 79.2 Å². The number of hydrogen-bond acceptors (Lipinski definition) is 1. The lowest BCUT2D eigenvalue weighted by Crippen LogP contribution is -1.92. The van der Waals surface area contributed by atoms with Crippen molar-refractivity contribution in [1.29, 1.82) is 0 Å². The number of benzene rings is 1. The molecule has 1 aromatic carbocycles. The van der Waals surface area contributed by atoms with Gasteiger partial charge in [0.05, 0.1) is 0 Å². The fourth-order valence-electron chi connectivity index (χ4n) is 0.837. The Kier molecular flexibility index (Phi) is 3.44. The van der Waals surface area contributed by atoms with Crippen LogP contribution in [0.5, 0.6) is 0 Å². The molecular weight excluding hydrogens is 221 g/mol. The first-order valence-electron chi connectivity index (χ1n) is 3.55. The zero-order chi connectivity index (χ0) is 8.97. The third kappa shape index (κ3) is 2.43. The van der Waals surface area contributed by atoms with Gasteiger partial charge in [-0.15, -0.1) is 0 Å². The van der Waals surface area contributed by atoms with Crippen molar-refractivity contribution in [3.05, 3.63) is 40.1 Å². The molecule has 1 aromatic rings. The van der Waals surface area contributed by atoms with E-state index in [-0.39, 0.29) is 5.82 Å². The molecule has 1 nitrogen and oxygen atoms in total. The molecule has 0 radical (unpaired) electrons. The van der Waals surface area contributed by atoms with Crippen LogP contribution >= 0.6 is 15.9 Å². The van der Waals surface area contributed by atoms with E-state index in [2.05, 4.69) is 15.9 Å². The molecule has 1 rings (SSSR count). The van der Waals surface area contributed by atoms with Crippen LogP contribution in [0.4, 0.5) is 4.39 Å². The first-order valence-corrected chi connectivity index (χ1v) is 4.35. The molecule has 64 valence electrons. The molecule has 0 unspecified atom stereocenters. The van der Waals surface area contributed by atoms with Crippen molar-refractivity contribution in [3.63, 3.8) is 0 Å². The van der Waals surface area contributed by atoms with E-state index >= 15 is 0 Å². The average Bonchev–Trinajstić information content (AvgIpc) is 2.07. The van der Waals surface area contributed by atoms with Crippen molar-refractivity contribution < 1.29 is 4.39 Å². The van der Waals surface area contributed by atoms with E-state index in [1.165, 1.54) is 6.07 Å². The van der Waals surface area contributed by atoms with Crippen LogP contribution in [0, 0.1) is 5.82 Å². The molecule has 0 saturated heterocycles. The minimum absolute atomic E-state index is 0.233. The molecule has 0 saturated carbocycles. The van der Waals surface area contributed by atoms with Gasteiger partial charge in [-0.05, 0) is 18.2 Å². The van der Waals surface area contributed by atoms with Gasteiger partial charge in [-0.2, -0.15) is 0 Å². The molecule has 3 heteroatoms. The number of hydrogen-bond donors (Lipinski definition) is 1. The van der Waals surface area contributed by atoms with Gasteiger partial charge < -0.3 is 5.73 Å². The molecule has 2 N–H and O–H groups in total. The maximum absolute atomic E-state index is 13.0. The lowest BCUT2D eigenvalue weighted by atomic mass is 10.2. The lowest BCUT2D eigenvalue weighted by molar-refractivity contribution is 0.624. The molecule has 0 aliphatic heterocycles. The van der Waals surface area contributed by atoms with Gasteiger partial charge in [0.25, 0.3) is 0 Å². The molecule has 0 amide bonds. The topological polar surface area (TPSA) is 26.0 Å². The largest absolute Gasteiger partial charge is 0.327 e. The summed E-state index contributed by atoms with van der Waals surface area (Å²) < 4.78 is 13.8. The van der Waals surface area contributed by atoms with Gasteiger partial charge in [0.15, 0.2) is 0 Å². The maximum Gasteiger partial charge on any atom is 0.130 e. The highest BCUT2D eigenvalue weighted by Gasteiger charge is 1.97. The van der Waals surface area contributed by atoms with Crippen LogP contribution in [0.1, 0.15) is 5.56 Å². The van der Waals surface area contributed by atoms with Gasteiger partial charge in [-0.3, -0.25) is 0 Å². The van der Waals surface area contributed by atoms with Gasteiger partial charge in [0, 0.05) is 16.6 Å². The highest BCUT2D eigenvalue weighted by Crippen LogP contribution is 2.16. The van der Waals surface area contributed by atoms with Crippen LogP contribution in [-0.4, -0.2) is 6.54 Å². The van der Waals surface area contributed by atoms with Crippen LogP contribution in [0.15, 0.2) is 28.7 Å². The average molecular weight is 230 g/mol. The van der Waals surface area contributed by atoms with Gasteiger partial charge in [0.2, 0.25) is 0 Å². The third-order valence-electron chi connectivity index (χ3n) is 1.39. The summed E-state index contributed by atoms with van der Waals surface area (Å²) in [6.07, 6.45) is 3.38. The van der Waals surface area contributed by atoms with E-state index < -0.39 is 0 Å². The van der Waals surface area contributed by atoms with Crippen molar-refractivity contribution in [2.24, 2.45) is 5.73 Å². The molecule has 0 atom stereocenters. The summed E-state index contributed by atoms with van der Waals surface area (Å²) in [7, 11) is 0. The maximum atomic E-state index is 13.0. The fraction of sp³-hybridized carbons (Fsp3) is 0.111. The second-order valence-electron chi connectivity index (χ2n) is 2.30. The minimum atomic E-state index is -0.233. The number of nitrogens with two attached hydrogens (primary N) is 1. The van der Waals surface area contributed by atoms with Gasteiger partial charge in [-0.1, -0.05) is 28.1 Å². The van der Waals surface area contributed by atoms with E-state index in [4.69, 9.17) is 5.73 Å². The molecule has 0 heterocycles. The zero-order valence-corrected chi connectivity index (χ0v) is 8.01. The normalized spacial score (nSPS) is 10.9. The summed E-state index contributed by atoms with van der Waals surface area (Å²) in [6.45, 7) is 0.423. The Balaban J connectivity index is 2.97. The molecule has 12 heavy (non-hydrogen) atoms. The molecule has 0 aliphatic rings. The monoisotopic (exact) mass is 229 g/mol. The van der Waals surface area contributed by atoms with Gasteiger partial charge >= 0.3 is 0 Å². The van der Waals surface area contributed by atoms with Gasteiger partial charge in [0.1, 0.15) is 5.82 Å². The standard InChI is InChI=1S/C9H9BrFN/c10-8-3-4-9(11)7(6-8)2-1-5-12/h1-4,6H,5,12H2/b2-1+. The Morgan fingerprint density at radius 1 is 1.50 bits per heavy atom. The summed E-state index contributed by atoms with van der Waals surface area (Å²) in [5.74, 6) is -0.233. The highest BCUT2D eigenvalue weighted by molar-refractivity contribution is 9.10. The molecule has 0 aromatic heterocycles. The predicted molar refractivity (Wildman–Crippen MR) is 52.2 cm³/mol. The predicted octanol–water partition coefficient (Wildman–Crippen LogP) is 2.56. The number of rotatable bonds is 2. The molecule has 0 bridgehead atoms. The SMILES string of the molecule is NC/C=C/c1cc(Br)ccc1F. The van der Waals surface area contributed by atoms with Crippen molar-refractivity contribution in [3.8, 4) is 0 Å². The second kappa shape index (κ2) is 4.38. The zero-order valence-electron chi connectivity index (χ0n) is 6.43. The quantitative estimate of drug-likeness (QED) is 0.830. The Morgan fingerprint density at radius 2 is 2.25 bits per heavy atom. The highest BCUT2D eigenvalue weighted by atomic mass is 79.9. The minimum Gasteiger partial charge on any atom is -0.327 e. The van der Waals surface area contributed by atoms with E-state index in [1.54, 1.807) is 24.3 Å². The summed E-state index contributed by atoms with van der Waals surface area (Å²) in [4.78, 5) is 0. The van der Waals surface area contributed by atoms with E-state index in [9.17, 15) is 4.39 Å². The van der Waals surface area contributed by atoms with Crippen molar-refractivity contribution >= 4 is 22.0 Å². The Morgan fingerprint density at radius 3 is 2.92 bits per heavy atom. The number of halogens is 2. The molecule has 0 spiro atoms. The van der Waals surface area contributed by atoms with Crippen molar-refractivity contribution in [2.45, 2.75) is 0 Å². The summed E-state index contributed by atoms with van der Waals surface area (Å²) >= 11 is 3.26. The van der Waals surface area contributed by atoms with Crippen molar-refractivity contribution in [2.75, 3.05) is 6.54 Å². The first kappa shape index (κ1) is 9.42. The van der Waals surface area contributed by atoms with Crippen LogP contribution in [-0.2, 0) is 0 Å². The first-order chi connectivity index (χ1) is 5.74. The molecular formula is C9H9BrFN. The second-order valence-corrected chi connectivity index (χ2v) is 3.22. The summed E-state index contributed by atoms with van der Waals surface area (Å²) in [5, 5.41) is 0. The summed E-state index contributed by atoms with van der Waals surface area (Å²) in [5.41, 5.74) is 5.79. The van der Waals surface area contributed by atoms with E-state index in [0.717, 1.165) is 4.47 Å². The van der Waals surface area contributed by atoms with Crippen molar-refractivity contribution in [1.82, 2.24) is 0 Å². The van der Waals surface area contributed by atoms with Crippen LogP contribution < -0.4 is 5.73 Å². The molecule has 0 fully saturated rings. The Bertz CT molecular complexity index is 297. The summed E-state index contributed by atoms with van der Waals surface area (Å²) in [6, 6.07) is 4.79. The van der Waals surface area contributed by atoms with Crippen LogP contribution in [0.3, 0.4) is 0 Å². The third-order valence-corrected chi connectivity index (χ3v) is 1.88. The Hall–Kier alpha value is -0.670. The fourth-order valence-corrected chi connectivity index (χ4v) is 1.22. The van der Waals surface area contributed by atoms with Crippen LogP contribution in [0.2, 0.25) is 0 Å². The lowest BCUT2D eigenvalue weighted by Gasteiger charge is -1.96. The van der Waals surface area contributed by atoms with Crippen LogP contribution in [0.25, 0.3) is 6.08 Å². The van der Waals surface area contributed by atoms with E-state index in [0.29, 0.717) is 12.1 Å².